The van der Waals surface area contributed by atoms with Crippen molar-refractivity contribution in [2.45, 2.75) is 30.6 Å². The zero-order valence-corrected chi connectivity index (χ0v) is 14.4. The number of hydrogen-bond donors (Lipinski definition) is 0. The third-order valence-electron chi connectivity index (χ3n) is 4.17. The fourth-order valence-corrected chi connectivity index (χ4v) is 3.81. The number of rotatable bonds is 8. The van der Waals surface area contributed by atoms with E-state index < -0.39 is 0 Å². The molecule has 0 atom stereocenters. The van der Waals surface area contributed by atoms with Crippen LogP contribution in [-0.4, -0.2) is 29.0 Å². The van der Waals surface area contributed by atoms with Gasteiger partial charge in [0.15, 0.2) is 0 Å². The standard InChI is InChI=1S/C20H21NO2S/c22-19-17-12-6-7-13-18(17)20(23)21(19)14-8-1-2-9-15-24-16-10-4-3-5-11-16/h3-7,10-13H,1-2,8-9,14-15H2. The van der Waals surface area contributed by atoms with Gasteiger partial charge in [-0.2, -0.15) is 0 Å². The van der Waals surface area contributed by atoms with Gasteiger partial charge in [-0.1, -0.05) is 43.2 Å². The molecule has 0 unspecified atom stereocenters. The molecular formula is C20H21NO2S. The van der Waals surface area contributed by atoms with Crippen molar-refractivity contribution in [2.75, 3.05) is 12.3 Å². The molecule has 2 aromatic rings. The summed E-state index contributed by atoms with van der Waals surface area (Å²) in [5.74, 6) is 0.822. The lowest BCUT2D eigenvalue weighted by Crippen LogP contribution is -2.30. The number of benzene rings is 2. The van der Waals surface area contributed by atoms with Crippen LogP contribution in [0.3, 0.4) is 0 Å². The van der Waals surface area contributed by atoms with E-state index in [9.17, 15) is 9.59 Å². The third kappa shape index (κ3) is 3.88. The Balaban J connectivity index is 1.34. The summed E-state index contributed by atoms with van der Waals surface area (Å²) < 4.78 is 0. The highest BCUT2D eigenvalue weighted by molar-refractivity contribution is 7.99. The van der Waals surface area contributed by atoms with E-state index in [2.05, 4.69) is 24.3 Å². The minimum atomic E-state index is -0.143. The van der Waals surface area contributed by atoms with Crippen LogP contribution in [-0.2, 0) is 0 Å². The number of hydrogen-bond acceptors (Lipinski definition) is 3. The van der Waals surface area contributed by atoms with Crippen molar-refractivity contribution in [3.8, 4) is 0 Å². The molecule has 2 aromatic carbocycles. The van der Waals surface area contributed by atoms with Crippen LogP contribution in [0.1, 0.15) is 46.4 Å². The lowest BCUT2D eigenvalue weighted by atomic mass is 10.1. The zero-order valence-electron chi connectivity index (χ0n) is 13.6. The number of thioether (sulfide) groups is 1. The molecule has 2 amide bonds. The monoisotopic (exact) mass is 339 g/mol. The first kappa shape index (κ1) is 16.8. The molecule has 4 heteroatoms. The van der Waals surface area contributed by atoms with Crippen molar-refractivity contribution in [1.29, 1.82) is 0 Å². The molecule has 0 aliphatic carbocycles. The summed E-state index contributed by atoms with van der Waals surface area (Å²) >= 11 is 1.88. The van der Waals surface area contributed by atoms with Crippen LogP contribution < -0.4 is 0 Å². The first-order valence-electron chi connectivity index (χ1n) is 8.40. The largest absolute Gasteiger partial charge is 0.274 e. The maximum Gasteiger partial charge on any atom is 0.261 e. The molecule has 1 heterocycles. The maximum absolute atomic E-state index is 12.2. The molecule has 1 aliphatic heterocycles. The number of amides is 2. The van der Waals surface area contributed by atoms with Crippen molar-refractivity contribution in [1.82, 2.24) is 4.90 Å². The van der Waals surface area contributed by atoms with Gasteiger partial charge in [0, 0.05) is 11.4 Å². The van der Waals surface area contributed by atoms with Crippen molar-refractivity contribution in [2.24, 2.45) is 0 Å². The number of nitrogens with zero attached hydrogens (tertiary/aromatic N) is 1. The number of unbranched alkanes of at least 4 members (excludes halogenated alkanes) is 3. The highest BCUT2D eigenvalue weighted by Crippen LogP contribution is 2.23. The van der Waals surface area contributed by atoms with Crippen LogP contribution in [0.4, 0.5) is 0 Å². The predicted octanol–water partition coefficient (Wildman–Crippen LogP) is 4.64. The number of imide groups is 1. The molecule has 3 nitrogen and oxygen atoms in total. The Morgan fingerprint density at radius 1 is 0.708 bits per heavy atom. The second kappa shape index (κ2) is 8.15. The van der Waals surface area contributed by atoms with Gasteiger partial charge in [-0.15, -0.1) is 11.8 Å². The fourth-order valence-electron chi connectivity index (χ4n) is 2.87. The van der Waals surface area contributed by atoms with Crippen LogP contribution in [0.5, 0.6) is 0 Å². The first-order chi connectivity index (χ1) is 11.8. The van der Waals surface area contributed by atoms with Gasteiger partial charge in [-0.3, -0.25) is 14.5 Å². The lowest BCUT2D eigenvalue weighted by molar-refractivity contribution is 0.0651. The second-order valence-corrected chi connectivity index (χ2v) is 7.05. The molecule has 1 aliphatic rings. The summed E-state index contributed by atoms with van der Waals surface area (Å²) in [5.41, 5.74) is 1.09. The molecule has 0 saturated carbocycles. The molecular weight excluding hydrogens is 318 g/mol. The van der Waals surface area contributed by atoms with Crippen molar-refractivity contribution >= 4 is 23.6 Å². The number of carbonyl (C=O) groups is 2. The van der Waals surface area contributed by atoms with Crippen LogP contribution in [0.15, 0.2) is 59.5 Å². The molecule has 3 rings (SSSR count). The van der Waals surface area contributed by atoms with Gasteiger partial charge in [-0.25, -0.2) is 0 Å². The van der Waals surface area contributed by atoms with E-state index in [1.165, 1.54) is 9.80 Å². The van der Waals surface area contributed by atoms with Crippen LogP contribution in [0.25, 0.3) is 0 Å². The van der Waals surface area contributed by atoms with E-state index in [-0.39, 0.29) is 11.8 Å². The highest BCUT2D eigenvalue weighted by atomic mass is 32.2. The quantitative estimate of drug-likeness (QED) is 0.399. The van der Waals surface area contributed by atoms with Gasteiger partial charge >= 0.3 is 0 Å². The van der Waals surface area contributed by atoms with Crippen LogP contribution in [0.2, 0.25) is 0 Å². The molecule has 124 valence electrons. The van der Waals surface area contributed by atoms with Crippen molar-refractivity contribution in [3.05, 3.63) is 65.7 Å². The van der Waals surface area contributed by atoms with E-state index in [4.69, 9.17) is 0 Å². The van der Waals surface area contributed by atoms with Gasteiger partial charge < -0.3 is 0 Å². The average Bonchev–Trinajstić information content (AvgIpc) is 2.87. The molecule has 0 saturated heterocycles. The Labute approximate surface area is 147 Å². The SMILES string of the molecule is O=C1c2ccccc2C(=O)N1CCCCCCSc1ccccc1. The predicted molar refractivity (Wildman–Crippen MR) is 97.4 cm³/mol. The van der Waals surface area contributed by atoms with Crippen molar-refractivity contribution < 1.29 is 9.59 Å². The van der Waals surface area contributed by atoms with E-state index in [0.717, 1.165) is 31.4 Å². The van der Waals surface area contributed by atoms with Gasteiger partial charge in [0.1, 0.15) is 0 Å². The Morgan fingerprint density at radius 2 is 1.29 bits per heavy atom. The van der Waals surface area contributed by atoms with Gasteiger partial charge in [0.25, 0.3) is 11.8 Å². The Bertz CT molecular complexity index is 680. The summed E-state index contributed by atoms with van der Waals surface area (Å²) in [6.07, 6.45) is 4.20. The topological polar surface area (TPSA) is 37.4 Å². The Morgan fingerprint density at radius 3 is 1.96 bits per heavy atom. The molecule has 0 aromatic heterocycles. The van der Waals surface area contributed by atoms with Crippen LogP contribution >= 0.6 is 11.8 Å². The molecule has 0 bridgehead atoms. The second-order valence-electron chi connectivity index (χ2n) is 5.88. The molecule has 0 radical (unpaired) electrons. The summed E-state index contributed by atoms with van der Waals surface area (Å²) in [6.45, 7) is 0.526. The zero-order chi connectivity index (χ0) is 16.8. The van der Waals surface area contributed by atoms with Gasteiger partial charge in [0.05, 0.1) is 11.1 Å². The number of carbonyl (C=O) groups excluding carboxylic acids is 2. The lowest BCUT2D eigenvalue weighted by Gasteiger charge is -2.13. The van der Waals surface area contributed by atoms with Crippen LogP contribution in [0, 0.1) is 0 Å². The normalized spacial score (nSPS) is 13.4. The maximum atomic E-state index is 12.2. The van der Waals surface area contributed by atoms with Gasteiger partial charge in [-0.05, 0) is 42.9 Å². The first-order valence-corrected chi connectivity index (χ1v) is 9.39. The van der Waals surface area contributed by atoms with Crippen molar-refractivity contribution in [3.63, 3.8) is 0 Å². The average molecular weight is 339 g/mol. The summed E-state index contributed by atoms with van der Waals surface area (Å²) in [7, 11) is 0. The van der Waals surface area contributed by atoms with E-state index >= 15 is 0 Å². The Hall–Kier alpha value is -2.07. The van der Waals surface area contributed by atoms with E-state index in [1.54, 1.807) is 24.3 Å². The molecule has 0 N–H and O–H groups in total. The summed E-state index contributed by atoms with van der Waals surface area (Å²) in [6, 6.07) is 17.5. The number of fused-ring (bicyclic) bond motifs is 1. The van der Waals surface area contributed by atoms with Gasteiger partial charge in [0.2, 0.25) is 0 Å². The van der Waals surface area contributed by atoms with E-state index in [1.807, 2.05) is 17.8 Å². The highest BCUT2D eigenvalue weighted by Gasteiger charge is 2.34. The smallest absolute Gasteiger partial charge is 0.261 e. The minimum absolute atomic E-state index is 0.143. The molecule has 24 heavy (non-hydrogen) atoms. The fraction of sp³-hybridized carbons (Fsp3) is 0.300. The molecule has 0 spiro atoms. The van der Waals surface area contributed by atoms with E-state index in [0.29, 0.717) is 17.7 Å². The Kier molecular flexibility index (Phi) is 5.70. The summed E-state index contributed by atoms with van der Waals surface area (Å²) in [5, 5.41) is 0. The summed E-state index contributed by atoms with van der Waals surface area (Å²) in [4.78, 5) is 27.2. The third-order valence-corrected chi connectivity index (χ3v) is 5.26. The minimum Gasteiger partial charge on any atom is -0.274 e. The molecule has 0 fully saturated rings.